The standard InChI is InChI=1S/C14H22N2O2/c1-11-6-5-8-15-13(11)10-12(2)16(3)14(17)7-9-18-4/h5-6,8,12H,7,9-10H2,1-4H3/t12-/m0/s1. The molecule has 4 nitrogen and oxygen atoms in total. The van der Waals surface area contributed by atoms with Gasteiger partial charge >= 0.3 is 0 Å². The van der Waals surface area contributed by atoms with Crippen molar-refractivity contribution in [2.45, 2.75) is 32.7 Å². The summed E-state index contributed by atoms with van der Waals surface area (Å²) < 4.78 is 4.92. The second-order valence-corrected chi connectivity index (χ2v) is 4.57. The minimum Gasteiger partial charge on any atom is -0.384 e. The van der Waals surface area contributed by atoms with Crippen molar-refractivity contribution >= 4 is 5.91 Å². The first-order valence-corrected chi connectivity index (χ1v) is 6.21. The molecule has 0 aliphatic rings. The zero-order chi connectivity index (χ0) is 13.5. The molecule has 1 atom stereocenters. The number of aryl methyl sites for hydroxylation is 1. The molecule has 0 aliphatic carbocycles. The Morgan fingerprint density at radius 2 is 2.28 bits per heavy atom. The molecule has 18 heavy (non-hydrogen) atoms. The molecule has 0 N–H and O–H groups in total. The quantitative estimate of drug-likeness (QED) is 0.773. The van der Waals surface area contributed by atoms with E-state index >= 15 is 0 Å². The lowest BCUT2D eigenvalue weighted by molar-refractivity contribution is -0.132. The largest absolute Gasteiger partial charge is 0.384 e. The molecule has 0 fully saturated rings. The predicted molar refractivity (Wildman–Crippen MR) is 71.4 cm³/mol. The van der Waals surface area contributed by atoms with Crippen molar-refractivity contribution in [2.24, 2.45) is 0 Å². The number of nitrogens with zero attached hydrogens (tertiary/aromatic N) is 2. The van der Waals surface area contributed by atoms with Crippen molar-refractivity contribution in [2.75, 3.05) is 20.8 Å². The van der Waals surface area contributed by atoms with Gasteiger partial charge < -0.3 is 9.64 Å². The molecule has 0 spiro atoms. The average molecular weight is 250 g/mol. The maximum absolute atomic E-state index is 11.8. The number of methoxy groups -OCH3 is 1. The monoisotopic (exact) mass is 250 g/mol. The number of hydrogen-bond donors (Lipinski definition) is 0. The van der Waals surface area contributed by atoms with Crippen LogP contribution >= 0.6 is 0 Å². The molecule has 1 aromatic heterocycles. The Labute approximate surface area is 109 Å². The maximum Gasteiger partial charge on any atom is 0.224 e. The van der Waals surface area contributed by atoms with Crippen LogP contribution in [0.15, 0.2) is 18.3 Å². The fourth-order valence-electron chi connectivity index (χ4n) is 1.76. The summed E-state index contributed by atoms with van der Waals surface area (Å²) in [5.41, 5.74) is 2.22. The summed E-state index contributed by atoms with van der Waals surface area (Å²) in [7, 11) is 3.44. The second-order valence-electron chi connectivity index (χ2n) is 4.57. The van der Waals surface area contributed by atoms with Crippen molar-refractivity contribution in [3.05, 3.63) is 29.6 Å². The third-order valence-electron chi connectivity index (χ3n) is 3.18. The van der Waals surface area contributed by atoms with Crippen LogP contribution in [0.2, 0.25) is 0 Å². The van der Waals surface area contributed by atoms with E-state index in [1.807, 2.05) is 33.0 Å². The first-order valence-electron chi connectivity index (χ1n) is 6.21. The molecule has 0 aromatic carbocycles. The fourth-order valence-corrected chi connectivity index (χ4v) is 1.76. The summed E-state index contributed by atoms with van der Waals surface area (Å²) in [6.07, 6.45) is 3.00. The van der Waals surface area contributed by atoms with Gasteiger partial charge in [0.25, 0.3) is 0 Å². The molecule has 1 heterocycles. The molecule has 1 aromatic rings. The predicted octanol–water partition coefficient (Wildman–Crippen LogP) is 1.82. The van der Waals surface area contributed by atoms with Gasteiger partial charge in [-0.05, 0) is 25.5 Å². The van der Waals surface area contributed by atoms with E-state index in [4.69, 9.17) is 4.74 Å². The van der Waals surface area contributed by atoms with Crippen LogP contribution in [0.4, 0.5) is 0 Å². The minimum atomic E-state index is 0.109. The highest BCUT2D eigenvalue weighted by Crippen LogP contribution is 2.10. The van der Waals surface area contributed by atoms with Crippen LogP contribution in [0.5, 0.6) is 0 Å². The Bertz CT molecular complexity index is 393. The Kier molecular flexibility index (Phi) is 5.78. The van der Waals surface area contributed by atoms with E-state index in [9.17, 15) is 4.79 Å². The highest BCUT2D eigenvalue weighted by Gasteiger charge is 2.16. The number of aromatic nitrogens is 1. The highest BCUT2D eigenvalue weighted by atomic mass is 16.5. The van der Waals surface area contributed by atoms with Crippen LogP contribution in [-0.4, -0.2) is 42.6 Å². The van der Waals surface area contributed by atoms with E-state index in [1.54, 1.807) is 18.2 Å². The van der Waals surface area contributed by atoms with Crippen molar-refractivity contribution < 1.29 is 9.53 Å². The average Bonchev–Trinajstić information content (AvgIpc) is 2.37. The van der Waals surface area contributed by atoms with Crippen molar-refractivity contribution in [1.29, 1.82) is 0 Å². The van der Waals surface area contributed by atoms with E-state index in [-0.39, 0.29) is 11.9 Å². The third-order valence-corrected chi connectivity index (χ3v) is 3.18. The molecule has 0 aliphatic heterocycles. The van der Waals surface area contributed by atoms with E-state index in [0.29, 0.717) is 13.0 Å². The summed E-state index contributed by atoms with van der Waals surface area (Å²) in [6, 6.07) is 4.11. The van der Waals surface area contributed by atoms with Crippen molar-refractivity contribution in [3.8, 4) is 0 Å². The molecule has 1 rings (SSSR count). The molecule has 0 unspecified atom stereocenters. The summed E-state index contributed by atoms with van der Waals surface area (Å²) in [4.78, 5) is 18.0. The molecular formula is C14H22N2O2. The van der Waals surface area contributed by atoms with Gasteiger partial charge in [0.1, 0.15) is 0 Å². The van der Waals surface area contributed by atoms with Crippen LogP contribution in [0.25, 0.3) is 0 Å². The van der Waals surface area contributed by atoms with Gasteiger partial charge in [-0.15, -0.1) is 0 Å². The molecular weight excluding hydrogens is 228 g/mol. The van der Waals surface area contributed by atoms with Gasteiger partial charge in [-0.25, -0.2) is 0 Å². The molecule has 0 saturated heterocycles. The van der Waals surface area contributed by atoms with E-state index in [2.05, 4.69) is 4.98 Å². The SMILES string of the molecule is COCCC(=O)N(C)[C@@H](C)Cc1ncccc1C. The van der Waals surface area contributed by atoms with Crippen LogP contribution in [-0.2, 0) is 16.0 Å². The Morgan fingerprint density at radius 1 is 1.56 bits per heavy atom. The molecule has 1 amide bonds. The van der Waals surface area contributed by atoms with Crippen LogP contribution in [0, 0.1) is 6.92 Å². The lowest BCUT2D eigenvalue weighted by Crippen LogP contribution is -2.37. The Hall–Kier alpha value is -1.42. The topological polar surface area (TPSA) is 42.4 Å². The number of ether oxygens (including phenoxy) is 1. The highest BCUT2D eigenvalue weighted by molar-refractivity contribution is 5.76. The Morgan fingerprint density at radius 3 is 2.89 bits per heavy atom. The molecule has 0 saturated carbocycles. The second kappa shape index (κ2) is 7.11. The van der Waals surface area contributed by atoms with Gasteiger partial charge in [0.05, 0.1) is 13.0 Å². The first-order chi connectivity index (χ1) is 8.56. The Balaban J connectivity index is 2.57. The molecule has 4 heteroatoms. The van der Waals surface area contributed by atoms with Gasteiger partial charge in [0.15, 0.2) is 0 Å². The van der Waals surface area contributed by atoms with E-state index in [1.165, 1.54) is 5.56 Å². The smallest absolute Gasteiger partial charge is 0.224 e. The van der Waals surface area contributed by atoms with E-state index < -0.39 is 0 Å². The van der Waals surface area contributed by atoms with Crippen molar-refractivity contribution in [3.63, 3.8) is 0 Å². The maximum atomic E-state index is 11.8. The number of hydrogen-bond acceptors (Lipinski definition) is 3. The zero-order valence-corrected chi connectivity index (χ0v) is 11.6. The molecule has 0 radical (unpaired) electrons. The fraction of sp³-hybridized carbons (Fsp3) is 0.571. The summed E-state index contributed by atoms with van der Waals surface area (Å²) >= 11 is 0. The number of amides is 1. The normalized spacial score (nSPS) is 12.2. The van der Waals surface area contributed by atoms with Gasteiger partial charge in [-0.1, -0.05) is 6.07 Å². The summed E-state index contributed by atoms with van der Waals surface area (Å²) in [6.45, 7) is 4.55. The van der Waals surface area contributed by atoms with Gasteiger partial charge in [-0.2, -0.15) is 0 Å². The van der Waals surface area contributed by atoms with Crippen LogP contribution in [0.3, 0.4) is 0 Å². The molecule has 100 valence electrons. The number of likely N-dealkylation sites (N-methyl/N-ethyl adjacent to an activating group) is 1. The van der Waals surface area contributed by atoms with Gasteiger partial charge in [-0.3, -0.25) is 9.78 Å². The van der Waals surface area contributed by atoms with Crippen molar-refractivity contribution in [1.82, 2.24) is 9.88 Å². The van der Waals surface area contributed by atoms with Crippen LogP contribution in [0.1, 0.15) is 24.6 Å². The first kappa shape index (κ1) is 14.6. The lowest BCUT2D eigenvalue weighted by Gasteiger charge is -2.25. The number of pyridine rings is 1. The van der Waals surface area contributed by atoms with Crippen LogP contribution < -0.4 is 0 Å². The number of carbonyl (C=O) groups is 1. The summed E-state index contributed by atoms with van der Waals surface area (Å²) in [5.74, 6) is 0.109. The summed E-state index contributed by atoms with van der Waals surface area (Å²) in [5, 5.41) is 0. The minimum absolute atomic E-state index is 0.109. The van der Waals surface area contributed by atoms with Gasteiger partial charge in [0.2, 0.25) is 5.91 Å². The number of rotatable bonds is 6. The molecule has 0 bridgehead atoms. The third kappa shape index (κ3) is 4.11. The zero-order valence-electron chi connectivity index (χ0n) is 11.6. The lowest BCUT2D eigenvalue weighted by atomic mass is 10.1. The number of carbonyl (C=O) groups excluding carboxylic acids is 1. The van der Waals surface area contributed by atoms with Gasteiger partial charge in [0, 0.05) is 38.5 Å². The van der Waals surface area contributed by atoms with E-state index in [0.717, 1.165) is 12.1 Å².